The Morgan fingerprint density at radius 1 is 1.03 bits per heavy atom. The largest absolute Gasteiger partial charge is 0.480 e. The first-order chi connectivity index (χ1) is 16.2. The molecule has 0 bridgehead atoms. The van der Waals surface area contributed by atoms with Crippen molar-refractivity contribution in [3.05, 3.63) is 43.0 Å². The molecular weight excluding hydrogens is 420 g/mol. The van der Waals surface area contributed by atoms with Crippen molar-refractivity contribution in [1.82, 2.24) is 24.6 Å². The van der Waals surface area contributed by atoms with Gasteiger partial charge < -0.3 is 19.5 Å². The van der Waals surface area contributed by atoms with Gasteiger partial charge in [-0.05, 0) is 49.4 Å². The van der Waals surface area contributed by atoms with Gasteiger partial charge >= 0.3 is 0 Å². The number of nitrogens with one attached hydrogen (secondary N) is 1. The summed E-state index contributed by atoms with van der Waals surface area (Å²) in [6, 6.07) is 8.47. The molecule has 1 N–H and O–H groups in total. The monoisotopic (exact) mass is 448 g/mol. The third-order valence-electron chi connectivity index (χ3n) is 6.17. The van der Waals surface area contributed by atoms with E-state index in [-0.39, 0.29) is 0 Å². The summed E-state index contributed by atoms with van der Waals surface area (Å²) in [7, 11) is 3.31. The van der Waals surface area contributed by atoms with Gasteiger partial charge in [-0.15, -0.1) is 5.10 Å². The van der Waals surface area contributed by atoms with Crippen molar-refractivity contribution in [3.8, 4) is 17.0 Å². The van der Waals surface area contributed by atoms with E-state index in [2.05, 4.69) is 25.4 Å². The van der Waals surface area contributed by atoms with Crippen molar-refractivity contribution in [1.29, 1.82) is 0 Å². The lowest BCUT2D eigenvalue weighted by Crippen LogP contribution is -2.31. The molecule has 3 aromatic heterocycles. The SMILES string of the molecule is COCCO[C@H]1CC[C@@H](Nc2ncc3c(-c4ccc5ncnc(OC)c5c4)ccn3n2)CC1. The first-order valence-electron chi connectivity index (χ1n) is 11.3. The topological polar surface area (TPSA) is 95.7 Å². The summed E-state index contributed by atoms with van der Waals surface area (Å²) in [5, 5.41) is 9.05. The summed E-state index contributed by atoms with van der Waals surface area (Å²) in [4.78, 5) is 13.1. The van der Waals surface area contributed by atoms with E-state index in [9.17, 15) is 0 Å². The quantitative estimate of drug-likeness (QED) is 0.407. The first kappa shape index (κ1) is 21.5. The molecule has 0 radical (unpaired) electrons. The number of hydrogen-bond acceptors (Lipinski definition) is 8. The van der Waals surface area contributed by atoms with Crippen LogP contribution in [0.15, 0.2) is 43.0 Å². The number of ether oxygens (including phenoxy) is 3. The zero-order valence-corrected chi connectivity index (χ0v) is 18.9. The number of aromatic nitrogens is 5. The summed E-state index contributed by atoms with van der Waals surface area (Å²) in [5.74, 6) is 1.20. The minimum Gasteiger partial charge on any atom is -0.480 e. The molecule has 1 aromatic carbocycles. The van der Waals surface area contributed by atoms with Crippen LogP contribution in [0.1, 0.15) is 25.7 Å². The summed E-state index contributed by atoms with van der Waals surface area (Å²) in [5.41, 5.74) is 3.86. The fourth-order valence-electron chi connectivity index (χ4n) is 4.43. The van der Waals surface area contributed by atoms with Crippen LogP contribution in [0.25, 0.3) is 27.5 Å². The summed E-state index contributed by atoms with van der Waals surface area (Å²) in [6.07, 6.45) is 9.80. The maximum absolute atomic E-state index is 5.86. The standard InChI is InChI=1S/C24H28N6O3/c1-31-11-12-33-18-6-4-17(5-7-18)28-24-25-14-22-19(9-10-30(22)29-24)16-3-8-21-20(13-16)23(32-2)27-15-26-21/h3,8-10,13-15,17-18H,4-7,11-12H2,1-2H3,(H,28,29)/t17-,18+. The number of fused-ring (bicyclic) bond motifs is 2. The van der Waals surface area contributed by atoms with Crippen molar-refractivity contribution < 1.29 is 14.2 Å². The highest BCUT2D eigenvalue weighted by molar-refractivity contribution is 5.91. The van der Waals surface area contributed by atoms with E-state index >= 15 is 0 Å². The van der Waals surface area contributed by atoms with Gasteiger partial charge in [0.25, 0.3) is 0 Å². The van der Waals surface area contributed by atoms with Gasteiger partial charge in [0.2, 0.25) is 11.8 Å². The predicted octanol–water partition coefficient (Wildman–Crippen LogP) is 3.73. The lowest BCUT2D eigenvalue weighted by atomic mass is 9.93. The number of methoxy groups -OCH3 is 2. The van der Waals surface area contributed by atoms with Gasteiger partial charge in [0.15, 0.2) is 0 Å². The molecular formula is C24H28N6O3. The predicted molar refractivity (Wildman–Crippen MR) is 126 cm³/mol. The smallest absolute Gasteiger partial charge is 0.241 e. The van der Waals surface area contributed by atoms with E-state index < -0.39 is 0 Å². The molecule has 9 nitrogen and oxygen atoms in total. The second-order valence-electron chi connectivity index (χ2n) is 8.24. The third kappa shape index (κ3) is 4.60. The van der Waals surface area contributed by atoms with Gasteiger partial charge in [-0.2, -0.15) is 0 Å². The highest BCUT2D eigenvalue weighted by Crippen LogP contribution is 2.31. The van der Waals surface area contributed by atoms with Gasteiger partial charge in [0.05, 0.1) is 49.0 Å². The zero-order valence-electron chi connectivity index (χ0n) is 18.9. The Hall–Kier alpha value is -3.30. The average molecular weight is 449 g/mol. The Morgan fingerprint density at radius 3 is 2.73 bits per heavy atom. The van der Waals surface area contributed by atoms with Crippen LogP contribution in [-0.4, -0.2) is 64.1 Å². The summed E-state index contributed by atoms with van der Waals surface area (Å²) >= 11 is 0. The molecule has 1 aliphatic rings. The van der Waals surface area contributed by atoms with Crippen LogP contribution in [0.2, 0.25) is 0 Å². The highest BCUT2D eigenvalue weighted by Gasteiger charge is 2.22. The van der Waals surface area contributed by atoms with Gasteiger partial charge in [-0.3, -0.25) is 0 Å². The minimum absolute atomic E-state index is 0.319. The Kier molecular flexibility index (Phi) is 6.32. The molecule has 172 valence electrons. The van der Waals surface area contributed by atoms with Crippen LogP contribution in [0.5, 0.6) is 5.88 Å². The van der Waals surface area contributed by atoms with E-state index in [1.54, 1.807) is 14.2 Å². The second kappa shape index (κ2) is 9.68. The molecule has 1 saturated carbocycles. The Morgan fingerprint density at radius 2 is 1.91 bits per heavy atom. The van der Waals surface area contributed by atoms with E-state index in [0.29, 0.717) is 37.2 Å². The van der Waals surface area contributed by atoms with Crippen molar-refractivity contribution >= 4 is 22.4 Å². The molecule has 0 aliphatic heterocycles. The molecule has 0 unspecified atom stereocenters. The Bertz CT molecular complexity index is 1240. The van der Waals surface area contributed by atoms with Crippen molar-refractivity contribution in [2.75, 3.05) is 32.8 Å². The fourth-order valence-corrected chi connectivity index (χ4v) is 4.43. The van der Waals surface area contributed by atoms with E-state index in [4.69, 9.17) is 14.2 Å². The van der Waals surface area contributed by atoms with Gasteiger partial charge in [-0.1, -0.05) is 6.07 Å². The Balaban J connectivity index is 1.30. The number of anilines is 1. The van der Waals surface area contributed by atoms with Crippen LogP contribution < -0.4 is 10.1 Å². The highest BCUT2D eigenvalue weighted by atomic mass is 16.5. The molecule has 4 aromatic rings. The van der Waals surface area contributed by atoms with Crippen LogP contribution >= 0.6 is 0 Å². The van der Waals surface area contributed by atoms with Crippen LogP contribution in [-0.2, 0) is 9.47 Å². The van der Waals surface area contributed by atoms with Crippen molar-refractivity contribution in [2.24, 2.45) is 0 Å². The number of benzene rings is 1. The van der Waals surface area contributed by atoms with Gasteiger partial charge in [0, 0.05) is 24.9 Å². The van der Waals surface area contributed by atoms with Crippen LogP contribution in [0, 0.1) is 0 Å². The first-order valence-corrected chi connectivity index (χ1v) is 11.3. The minimum atomic E-state index is 0.319. The lowest BCUT2D eigenvalue weighted by molar-refractivity contribution is -0.00158. The number of rotatable bonds is 8. The molecule has 0 amide bonds. The molecule has 33 heavy (non-hydrogen) atoms. The average Bonchev–Trinajstić information content (AvgIpc) is 3.28. The van der Waals surface area contributed by atoms with Gasteiger partial charge in [-0.25, -0.2) is 19.5 Å². The molecule has 0 spiro atoms. The van der Waals surface area contributed by atoms with Crippen molar-refractivity contribution in [2.45, 2.75) is 37.8 Å². The maximum atomic E-state index is 5.86. The molecule has 0 atom stereocenters. The summed E-state index contributed by atoms with van der Waals surface area (Å²) in [6.45, 7) is 1.30. The van der Waals surface area contributed by atoms with E-state index in [1.165, 1.54) is 6.33 Å². The normalized spacial score (nSPS) is 18.6. The molecule has 3 heterocycles. The van der Waals surface area contributed by atoms with E-state index in [0.717, 1.165) is 53.2 Å². The molecule has 1 fully saturated rings. The zero-order chi connectivity index (χ0) is 22.6. The lowest BCUT2D eigenvalue weighted by Gasteiger charge is -2.29. The molecule has 0 saturated heterocycles. The third-order valence-corrected chi connectivity index (χ3v) is 6.17. The van der Waals surface area contributed by atoms with Crippen molar-refractivity contribution in [3.63, 3.8) is 0 Å². The summed E-state index contributed by atoms with van der Waals surface area (Å²) < 4.78 is 18.2. The van der Waals surface area contributed by atoms with E-state index in [1.807, 2.05) is 41.2 Å². The second-order valence-corrected chi connectivity index (χ2v) is 8.24. The Labute approximate surface area is 192 Å². The molecule has 1 aliphatic carbocycles. The fraction of sp³-hybridized carbons (Fsp3) is 0.417. The number of nitrogens with zero attached hydrogens (tertiary/aromatic N) is 5. The van der Waals surface area contributed by atoms with Crippen LogP contribution in [0.4, 0.5) is 5.95 Å². The molecule has 9 heteroatoms. The molecule has 5 rings (SSSR count). The number of hydrogen-bond donors (Lipinski definition) is 1. The van der Waals surface area contributed by atoms with Crippen LogP contribution in [0.3, 0.4) is 0 Å². The maximum Gasteiger partial charge on any atom is 0.241 e. The van der Waals surface area contributed by atoms with Gasteiger partial charge in [0.1, 0.15) is 6.33 Å².